The van der Waals surface area contributed by atoms with Crippen LogP contribution in [0.2, 0.25) is 5.02 Å². The lowest BCUT2D eigenvalue weighted by atomic mass is 9.90. The van der Waals surface area contributed by atoms with Gasteiger partial charge >= 0.3 is 6.09 Å². The molecule has 1 amide bonds. The van der Waals surface area contributed by atoms with Crippen molar-refractivity contribution in [1.29, 1.82) is 0 Å². The fraction of sp³-hybridized carbons (Fsp3) is 0.393. The highest BCUT2D eigenvalue weighted by Gasteiger charge is 2.29. The number of amides is 1. The van der Waals surface area contributed by atoms with Crippen LogP contribution in [-0.2, 0) is 4.74 Å². The monoisotopic (exact) mass is 508 g/mol. The Morgan fingerprint density at radius 1 is 1.03 bits per heavy atom. The lowest BCUT2D eigenvalue weighted by Crippen LogP contribution is -2.49. The fourth-order valence-corrected chi connectivity index (χ4v) is 4.42. The van der Waals surface area contributed by atoms with Crippen molar-refractivity contribution in [2.45, 2.75) is 64.1 Å². The van der Waals surface area contributed by atoms with Crippen LogP contribution in [0.4, 0.5) is 10.6 Å². The maximum Gasteiger partial charge on any atom is 0.407 e. The van der Waals surface area contributed by atoms with Crippen molar-refractivity contribution in [3.63, 3.8) is 0 Å². The Balaban J connectivity index is 1.63. The molecule has 0 saturated heterocycles. The Morgan fingerprint density at radius 2 is 1.75 bits per heavy atom. The maximum absolute atomic E-state index is 12.5. The molecule has 1 heterocycles. The standard InChI is InChI=1S/C28H33ClN4O3/c1-28(2,3)36-27(34)32-24-8-6-5-7-23(24)31-26-21-17-20(35-4)14-15-22(21)30-25(33-26)16-11-18-9-12-19(29)13-10-18/h9-17,23-24H,5-8H2,1-4H3,(H,32,34)(H,30,31,33). The van der Waals surface area contributed by atoms with Gasteiger partial charge in [-0.25, -0.2) is 14.8 Å². The summed E-state index contributed by atoms with van der Waals surface area (Å²) in [6, 6.07) is 13.3. The van der Waals surface area contributed by atoms with Crippen molar-refractivity contribution in [2.75, 3.05) is 12.4 Å². The molecule has 190 valence electrons. The third-order valence-corrected chi connectivity index (χ3v) is 6.26. The van der Waals surface area contributed by atoms with Gasteiger partial charge in [-0.15, -0.1) is 0 Å². The number of hydrogen-bond donors (Lipinski definition) is 2. The van der Waals surface area contributed by atoms with E-state index in [1.54, 1.807) is 7.11 Å². The minimum absolute atomic E-state index is 0.00339. The summed E-state index contributed by atoms with van der Waals surface area (Å²) in [4.78, 5) is 22.1. The molecule has 7 nitrogen and oxygen atoms in total. The van der Waals surface area contributed by atoms with E-state index >= 15 is 0 Å². The SMILES string of the molecule is COc1ccc2nc(C=Cc3ccc(Cl)cc3)nc(NC3CCCCC3NC(=O)OC(C)(C)C)c2c1. The molecule has 2 aromatic carbocycles. The number of carbonyl (C=O) groups excluding carboxylic acids is 1. The molecule has 1 fully saturated rings. The minimum atomic E-state index is -0.549. The third kappa shape index (κ3) is 6.88. The molecule has 2 unspecified atom stereocenters. The number of ether oxygens (including phenoxy) is 2. The van der Waals surface area contributed by atoms with Crippen molar-refractivity contribution >= 4 is 46.6 Å². The van der Waals surface area contributed by atoms with Gasteiger partial charge in [0.15, 0.2) is 5.82 Å². The van der Waals surface area contributed by atoms with E-state index < -0.39 is 11.7 Å². The molecule has 8 heteroatoms. The van der Waals surface area contributed by atoms with Crippen LogP contribution in [0, 0.1) is 0 Å². The molecular weight excluding hydrogens is 476 g/mol. The van der Waals surface area contributed by atoms with Gasteiger partial charge in [0, 0.05) is 16.5 Å². The molecule has 0 spiro atoms. The van der Waals surface area contributed by atoms with Crippen molar-refractivity contribution in [3.05, 3.63) is 58.9 Å². The number of alkyl carbamates (subject to hydrolysis) is 1. The van der Waals surface area contributed by atoms with Crippen molar-refractivity contribution in [1.82, 2.24) is 15.3 Å². The van der Waals surface area contributed by atoms with Gasteiger partial charge in [0.1, 0.15) is 17.2 Å². The molecule has 4 rings (SSSR count). The summed E-state index contributed by atoms with van der Waals surface area (Å²) in [5, 5.41) is 8.23. The van der Waals surface area contributed by atoms with E-state index in [1.807, 2.05) is 75.4 Å². The van der Waals surface area contributed by atoms with Crippen molar-refractivity contribution in [3.8, 4) is 5.75 Å². The van der Waals surface area contributed by atoms with E-state index in [0.29, 0.717) is 16.7 Å². The van der Waals surface area contributed by atoms with Crippen LogP contribution in [0.15, 0.2) is 42.5 Å². The zero-order valence-electron chi connectivity index (χ0n) is 21.2. The second-order valence-electron chi connectivity index (χ2n) is 9.99. The van der Waals surface area contributed by atoms with Gasteiger partial charge in [-0.05, 0) is 75.6 Å². The molecule has 1 saturated carbocycles. The molecule has 3 aromatic rings. The van der Waals surface area contributed by atoms with E-state index in [9.17, 15) is 4.79 Å². The van der Waals surface area contributed by atoms with E-state index in [2.05, 4.69) is 10.6 Å². The lowest BCUT2D eigenvalue weighted by molar-refractivity contribution is 0.0488. The number of nitrogens with zero attached hydrogens (tertiary/aromatic N) is 2. The van der Waals surface area contributed by atoms with Gasteiger partial charge in [0.2, 0.25) is 0 Å². The summed E-state index contributed by atoms with van der Waals surface area (Å²) >= 11 is 6.01. The lowest BCUT2D eigenvalue weighted by Gasteiger charge is -2.34. The molecule has 1 aliphatic carbocycles. The summed E-state index contributed by atoms with van der Waals surface area (Å²) in [5.41, 5.74) is 1.25. The highest BCUT2D eigenvalue weighted by molar-refractivity contribution is 6.30. The first-order valence-corrected chi connectivity index (χ1v) is 12.6. The molecule has 0 bridgehead atoms. The van der Waals surface area contributed by atoms with Crippen LogP contribution in [0.25, 0.3) is 23.1 Å². The zero-order chi connectivity index (χ0) is 25.7. The second kappa shape index (κ2) is 11.2. The Kier molecular flexibility index (Phi) is 7.99. The summed E-state index contributed by atoms with van der Waals surface area (Å²) in [5.74, 6) is 2.01. The number of methoxy groups -OCH3 is 1. The second-order valence-corrected chi connectivity index (χ2v) is 10.4. The van der Waals surface area contributed by atoms with E-state index in [4.69, 9.17) is 31.0 Å². The summed E-state index contributed by atoms with van der Waals surface area (Å²) < 4.78 is 11.0. The Morgan fingerprint density at radius 3 is 2.44 bits per heavy atom. The van der Waals surface area contributed by atoms with Crippen molar-refractivity contribution in [2.24, 2.45) is 0 Å². The average molecular weight is 509 g/mol. The van der Waals surface area contributed by atoms with Gasteiger partial charge in [0.05, 0.1) is 18.7 Å². The number of carbonyl (C=O) groups is 1. The topological polar surface area (TPSA) is 85.4 Å². The fourth-order valence-electron chi connectivity index (χ4n) is 4.29. The number of aromatic nitrogens is 2. The summed E-state index contributed by atoms with van der Waals surface area (Å²) in [6.45, 7) is 5.59. The van der Waals surface area contributed by atoms with Crippen molar-refractivity contribution < 1.29 is 14.3 Å². The van der Waals surface area contributed by atoms with E-state index in [1.165, 1.54) is 0 Å². The Hall–Kier alpha value is -3.32. The molecule has 0 aliphatic heterocycles. The van der Waals surface area contributed by atoms with Crippen LogP contribution >= 0.6 is 11.6 Å². The number of nitrogens with one attached hydrogen (secondary N) is 2. The largest absolute Gasteiger partial charge is 0.497 e. The van der Waals surface area contributed by atoms with Crippen LogP contribution in [0.5, 0.6) is 5.75 Å². The van der Waals surface area contributed by atoms with E-state index in [0.717, 1.165) is 47.9 Å². The number of benzene rings is 2. The Bertz CT molecular complexity index is 1240. The number of anilines is 1. The molecule has 1 aliphatic rings. The summed E-state index contributed by atoms with van der Waals surface area (Å²) in [7, 11) is 1.64. The highest BCUT2D eigenvalue weighted by Crippen LogP contribution is 2.29. The van der Waals surface area contributed by atoms with Gasteiger partial charge < -0.3 is 20.1 Å². The van der Waals surface area contributed by atoms with Crippen LogP contribution in [0.3, 0.4) is 0 Å². The number of fused-ring (bicyclic) bond motifs is 1. The molecule has 2 N–H and O–H groups in total. The quantitative estimate of drug-likeness (QED) is 0.385. The predicted octanol–water partition coefficient (Wildman–Crippen LogP) is 6.71. The number of hydrogen-bond acceptors (Lipinski definition) is 6. The molecule has 36 heavy (non-hydrogen) atoms. The van der Waals surface area contributed by atoms with Crippen LogP contribution < -0.4 is 15.4 Å². The molecule has 2 atom stereocenters. The predicted molar refractivity (Wildman–Crippen MR) is 146 cm³/mol. The van der Waals surface area contributed by atoms with Gasteiger partial charge in [-0.3, -0.25) is 0 Å². The van der Waals surface area contributed by atoms with Gasteiger partial charge in [-0.2, -0.15) is 0 Å². The molecule has 0 radical (unpaired) electrons. The zero-order valence-corrected chi connectivity index (χ0v) is 21.9. The average Bonchev–Trinajstić information content (AvgIpc) is 2.83. The molecular formula is C28H33ClN4O3. The minimum Gasteiger partial charge on any atom is -0.497 e. The van der Waals surface area contributed by atoms with E-state index in [-0.39, 0.29) is 12.1 Å². The Labute approximate surface area is 217 Å². The normalized spacial score (nSPS) is 18.2. The smallest absolute Gasteiger partial charge is 0.407 e. The first-order valence-electron chi connectivity index (χ1n) is 12.3. The maximum atomic E-state index is 12.5. The molecule has 1 aromatic heterocycles. The number of halogens is 1. The van der Waals surface area contributed by atoms with Gasteiger partial charge in [0.25, 0.3) is 0 Å². The summed E-state index contributed by atoms with van der Waals surface area (Å²) in [6.07, 6.45) is 7.33. The first kappa shape index (κ1) is 25.8. The van der Waals surface area contributed by atoms with Crippen LogP contribution in [-0.4, -0.2) is 40.9 Å². The first-order chi connectivity index (χ1) is 17.2. The number of rotatable bonds is 6. The van der Waals surface area contributed by atoms with Crippen LogP contribution in [0.1, 0.15) is 57.8 Å². The highest BCUT2D eigenvalue weighted by atomic mass is 35.5. The third-order valence-electron chi connectivity index (χ3n) is 6.01. The van der Waals surface area contributed by atoms with Gasteiger partial charge in [-0.1, -0.05) is 42.7 Å².